The van der Waals surface area contributed by atoms with Crippen molar-refractivity contribution in [3.63, 3.8) is 0 Å². The number of methoxy groups -OCH3 is 1. The van der Waals surface area contributed by atoms with Crippen LogP contribution in [0.5, 0.6) is 5.75 Å². The second kappa shape index (κ2) is 8.07. The Morgan fingerprint density at radius 2 is 1.62 bits per heavy atom. The first-order chi connectivity index (χ1) is 15.1. The summed E-state index contributed by atoms with van der Waals surface area (Å²) in [4.78, 5) is 10.6. The largest absolute Gasteiger partial charge is 0.498 e. The minimum atomic E-state index is -0.602. The maximum atomic E-state index is 11.1. The summed E-state index contributed by atoms with van der Waals surface area (Å²) in [6.45, 7) is 8.55. The van der Waals surface area contributed by atoms with E-state index in [0.29, 0.717) is 12.2 Å². The van der Waals surface area contributed by atoms with E-state index in [1.54, 1.807) is 19.2 Å². The van der Waals surface area contributed by atoms with Crippen molar-refractivity contribution in [3.05, 3.63) is 70.4 Å². The Hall–Kier alpha value is -3.17. The summed E-state index contributed by atoms with van der Waals surface area (Å²) in [5, 5.41) is 15.8. The van der Waals surface area contributed by atoms with Crippen molar-refractivity contribution >= 4 is 18.3 Å². The van der Waals surface area contributed by atoms with E-state index in [2.05, 4.69) is 0 Å². The molecule has 0 radical (unpaired) electrons. The highest BCUT2D eigenvalue weighted by atomic mass is 16.7. The summed E-state index contributed by atoms with van der Waals surface area (Å²) < 4.78 is 19.6. The fourth-order valence-electron chi connectivity index (χ4n) is 3.54. The molecule has 9 heteroatoms. The van der Waals surface area contributed by atoms with Crippen LogP contribution in [0.15, 0.2) is 54.7 Å². The molecule has 0 spiro atoms. The van der Waals surface area contributed by atoms with E-state index >= 15 is 0 Å². The minimum absolute atomic E-state index is 0.0311. The summed E-state index contributed by atoms with van der Waals surface area (Å²) in [5.74, 6) is 0.790. The van der Waals surface area contributed by atoms with Gasteiger partial charge in [-0.05, 0) is 57.5 Å². The quantitative estimate of drug-likeness (QED) is 0.332. The highest BCUT2D eigenvalue weighted by Crippen LogP contribution is 2.37. The number of nitro groups is 1. The van der Waals surface area contributed by atoms with Gasteiger partial charge in [-0.25, -0.2) is 0 Å². The molecule has 1 aliphatic heterocycles. The van der Waals surface area contributed by atoms with Crippen molar-refractivity contribution in [1.29, 1.82) is 0 Å². The Labute approximate surface area is 187 Å². The van der Waals surface area contributed by atoms with Crippen LogP contribution in [0.25, 0.3) is 11.3 Å². The molecule has 1 aromatic heterocycles. The molecule has 0 atom stereocenters. The first kappa shape index (κ1) is 22.0. The van der Waals surface area contributed by atoms with Crippen LogP contribution in [-0.4, -0.2) is 40.1 Å². The summed E-state index contributed by atoms with van der Waals surface area (Å²) in [6.07, 6.45) is 1.92. The Morgan fingerprint density at radius 3 is 2.16 bits per heavy atom. The molecule has 166 valence electrons. The van der Waals surface area contributed by atoms with Crippen molar-refractivity contribution in [2.75, 3.05) is 7.11 Å². The van der Waals surface area contributed by atoms with Crippen LogP contribution in [0.1, 0.15) is 33.3 Å². The Morgan fingerprint density at radius 1 is 1.03 bits per heavy atom. The maximum absolute atomic E-state index is 11.1. The molecular formula is C23H26BN3O5. The van der Waals surface area contributed by atoms with Crippen LogP contribution in [0.4, 0.5) is 5.69 Å². The van der Waals surface area contributed by atoms with Crippen molar-refractivity contribution in [2.45, 2.75) is 45.4 Å². The minimum Gasteiger partial charge on any atom is -0.497 e. The molecule has 2 heterocycles. The number of hydrogen-bond donors (Lipinski definition) is 0. The van der Waals surface area contributed by atoms with Gasteiger partial charge in [-0.2, -0.15) is 5.10 Å². The van der Waals surface area contributed by atoms with E-state index in [4.69, 9.17) is 19.1 Å². The maximum Gasteiger partial charge on any atom is 0.498 e. The zero-order valence-electron chi connectivity index (χ0n) is 18.9. The van der Waals surface area contributed by atoms with E-state index in [9.17, 15) is 10.1 Å². The lowest BCUT2D eigenvalue weighted by atomic mass is 9.78. The van der Waals surface area contributed by atoms with Gasteiger partial charge < -0.3 is 14.0 Å². The third kappa shape index (κ3) is 4.13. The van der Waals surface area contributed by atoms with Crippen LogP contribution in [0, 0.1) is 10.1 Å². The average molecular weight is 435 g/mol. The highest BCUT2D eigenvalue weighted by Gasteiger charge is 2.52. The number of nitro benzene ring substituents is 1. The SMILES string of the molecule is COc1ccc(Cn2cc(B3OC(C)(C)C(C)(C)O3)c(-c3ccc([N+](=O)[O-])cc3)n2)cc1. The topological polar surface area (TPSA) is 88.7 Å². The molecule has 1 saturated heterocycles. The number of benzene rings is 2. The summed E-state index contributed by atoms with van der Waals surface area (Å²) >= 11 is 0. The number of nitrogens with zero attached hydrogens (tertiary/aromatic N) is 3. The lowest BCUT2D eigenvalue weighted by Crippen LogP contribution is -2.41. The van der Waals surface area contributed by atoms with Crippen molar-refractivity contribution in [2.24, 2.45) is 0 Å². The molecule has 0 amide bonds. The summed E-state index contributed by atoms with van der Waals surface area (Å²) in [5.41, 5.74) is 2.31. The van der Waals surface area contributed by atoms with Gasteiger partial charge in [-0.15, -0.1) is 0 Å². The van der Waals surface area contributed by atoms with Gasteiger partial charge in [-0.1, -0.05) is 12.1 Å². The van der Waals surface area contributed by atoms with Crippen LogP contribution in [0.3, 0.4) is 0 Å². The second-order valence-electron chi connectivity index (χ2n) is 8.87. The van der Waals surface area contributed by atoms with Gasteiger partial charge in [0.1, 0.15) is 5.75 Å². The second-order valence-corrected chi connectivity index (χ2v) is 8.87. The smallest absolute Gasteiger partial charge is 0.497 e. The predicted octanol–water partition coefficient (Wildman–Crippen LogP) is 3.81. The molecule has 1 fully saturated rings. The molecule has 1 aliphatic rings. The first-order valence-corrected chi connectivity index (χ1v) is 10.4. The van der Waals surface area contributed by atoms with Gasteiger partial charge >= 0.3 is 7.12 Å². The number of aromatic nitrogens is 2. The zero-order valence-corrected chi connectivity index (χ0v) is 18.9. The first-order valence-electron chi connectivity index (χ1n) is 10.4. The van der Waals surface area contributed by atoms with Gasteiger partial charge in [-0.3, -0.25) is 14.8 Å². The molecule has 0 bridgehead atoms. The van der Waals surface area contributed by atoms with Crippen LogP contribution in [0.2, 0.25) is 0 Å². The molecule has 0 unspecified atom stereocenters. The summed E-state index contributed by atoms with van der Waals surface area (Å²) in [6, 6.07) is 14.1. The van der Waals surface area contributed by atoms with Gasteiger partial charge in [0.2, 0.25) is 0 Å². The molecule has 0 aliphatic carbocycles. The van der Waals surface area contributed by atoms with Gasteiger partial charge in [0.15, 0.2) is 0 Å². The van der Waals surface area contributed by atoms with Crippen molar-refractivity contribution in [1.82, 2.24) is 9.78 Å². The zero-order chi connectivity index (χ0) is 23.1. The average Bonchev–Trinajstić information content (AvgIpc) is 3.26. The predicted molar refractivity (Wildman–Crippen MR) is 122 cm³/mol. The Kier molecular flexibility index (Phi) is 5.56. The Balaban J connectivity index is 1.72. The lowest BCUT2D eigenvalue weighted by Gasteiger charge is -2.32. The number of ether oxygens (including phenoxy) is 1. The van der Waals surface area contributed by atoms with Crippen LogP contribution < -0.4 is 10.2 Å². The van der Waals surface area contributed by atoms with E-state index in [0.717, 1.165) is 22.3 Å². The molecule has 8 nitrogen and oxygen atoms in total. The third-order valence-corrected chi connectivity index (χ3v) is 6.15. The molecule has 4 rings (SSSR count). The normalized spacial score (nSPS) is 16.8. The number of non-ortho nitro benzene ring substituents is 1. The van der Waals surface area contributed by atoms with Crippen molar-refractivity contribution in [3.8, 4) is 17.0 Å². The fraction of sp³-hybridized carbons (Fsp3) is 0.348. The lowest BCUT2D eigenvalue weighted by molar-refractivity contribution is -0.384. The van der Waals surface area contributed by atoms with Gasteiger partial charge in [0, 0.05) is 29.4 Å². The van der Waals surface area contributed by atoms with Gasteiger partial charge in [0.05, 0.1) is 35.5 Å². The third-order valence-electron chi connectivity index (χ3n) is 6.15. The summed E-state index contributed by atoms with van der Waals surface area (Å²) in [7, 11) is 1.03. The monoisotopic (exact) mass is 435 g/mol. The fourth-order valence-corrected chi connectivity index (χ4v) is 3.54. The van der Waals surface area contributed by atoms with E-state index in [1.807, 2.05) is 62.8 Å². The van der Waals surface area contributed by atoms with E-state index < -0.39 is 23.2 Å². The molecule has 2 aromatic carbocycles. The molecule has 3 aromatic rings. The Bertz CT molecular complexity index is 1110. The number of hydrogen-bond acceptors (Lipinski definition) is 6. The van der Waals surface area contributed by atoms with Crippen LogP contribution in [-0.2, 0) is 15.9 Å². The van der Waals surface area contributed by atoms with E-state index in [1.165, 1.54) is 12.1 Å². The van der Waals surface area contributed by atoms with E-state index in [-0.39, 0.29) is 5.69 Å². The molecular weight excluding hydrogens is 409 g/mol. The molecule has 0 N–H and O–H groups in total. The van der Waals surface area contributed by atoms with Gasteiger partial charge in [0.25, 0.3) is 5.69 Å². The molecule has 0 saturated carbocycles. The highest BCUT2D eigenvalue weighted by molar-refractivity contribution is 6.63. The number of rotatable bonds is 6. The molecule has 32 heavy (non-hydrogen) atoms. The standard InChI is InChI=1S/C23H26BN3O5/c1-22(2)23(3,4)32-24(31-22)20-15-26(14-16-6-12-19(30-5)13-7-16)25-21(20)17-8-10-18(11-9-17)27(28)29/h6-13,15H,14H2,1-5H3. The van der Waals surface area contributed by atoms with Crippen LogP contribution >= 0.6 is 0 Å². The van der Waals surface area contributed by atoms with Crippen molar-refractivity contribution < 1.29 is 19.0 Å².